The Morgan fingerprint density at radius 2 is 2.00 bits per heavy atom. The number of pyridine rings is 1. The number of nitrogens with one attached hydrogen (secondary N) is 1. The highest BCUT2D eigenvalue weighted by atomic mass is 19.1. The van der Waals surface area contributed by atoms with Crippen molar-refractivity contribution in [1.29, 1.82) is 0 Å². The summed E-state index contributed by atoms with van der Waals surface area (Å²) in [6.07, 6.45) is 1.23. The summed E-state index contributed by atoms with van der Waals surface area (Å²) in [5, 5.41) is 2.69. The topological polar surface area (TPSA) is 51.2 Å². The molecule has 0 fully saturated rings. The molecule has 1 N–H and O–H groups in total. The molecule has 5 heteroatoms. The van der Waals surface area contributed by atoms with E-state index in [-0.39, 0.29) is 12.5 Å². The van der Waals surface area contributed by atoms with Crippen LogP contribution in [0.2, 0.25) is 0 Å². The lowest BCUT2D eigenvalue weighted by atomic mass is 10.2. The van der Waals surface area contributed by atoms with Gasteiger partial charge in [-0.2, -0.15) is 4.39 Å². The molecule has 19 heavy (non-hydrogen) atoms. The smallest absolute Gasteiger partial charge is 0.262 e. The van der Waals surface area contributed by atoms with Crippen molar-refractivity contribution in [3.63, 3.8) is 0 Å². The van der Waals surface area contributed by atoms with Crippen molar-refractivity contribution in [3.8, 4) is 5.75 Å². The Bertz CT molecular complexity index is 553. The van der Waals surface area contributed by atoms with Gasteiger partial charge in [-0.3, -0.25) is 4.79 Å². The van der Waals surface area contributed by atoms with Crippen LogP contribution >= 0.6 is 0 Å². The van der Waals surface area contributed by atoms with Gasteiger partial charge in [-0.1, -0.05) is 17.7 Å². The van der Waals surface area contributed by atoms with Crippen molar-refractivity contribution < 1.29 is 13.9 Å². The highest BCUT2D eigenvalue weighted by Gasteiger charge is 2.04. The van der Waals surface area contributed by atoms with Crippen LogP contribution in [0.1, 0.15) is 5.56 Å². The molecule has 1 amide bonds. The van der Waals surface area contributed by atoms with Gasteiger partial charge in [0, 0.05) is 5.69 Å². The minimum atomic E-state index is -0.587. The molecular formula is C14H13FN2O2. The standard InChI is InChI=1S/C14H13FN2O2/c1-10-2-4-11(5-3-10)17-14(18)9-19-12-6-7-13(15)16-8-12/h2-8H,9H2,1H3,(H,17,18). The van der Waals surface area contributed by atoms with Crippen LogP contribution in [0.25, 0.3) is 0 Å². The number of aryl methyl sites for hydroxylation is 1. The maximum atomic E-state index is 12.6. The Labute approximate surface area is 110 Å². The minimum absolute atomic E-state index is 0.152. The van der Waals surface area contributed by atoms with Gasteiger partial charge in [0.1, 0.15) is 5.75 Å². The fourth-order valence-corrected chi connectivity index (χ4v) is 1.43. The summed E-state index contributed by atoms with van der Waals surface area (Å²) in [5.74, 6) is -0.523. The maximum Gasteiger partial charge on any atom is 0.262 e. The zero-order chi connectivity index (χ0) is 13.7. The molecule has 0 radical (unpaired) electrons. The first-order valence-corrected chi connectivity index (χ1v) is 5.74. The first-order valence-electron chi connectivity index (χ1n) is 5.74. The number of carbonyl (C=O) groups excluding carboxylic acids is 1. The van der Waals surface area contributed by atoms with Crippen LogP contribution in [-0.4, -0.2) is 17.5 Å². The fraction of sp³-hybridized carbons (Fsp3) is 0.143. The number of rotatable bonds is 4. The van der Waals surface area contributed by atoms with Crippen LogP contribution in [0, 0.1) is 12.9 Å². The summed E-state index contributed by atoms with van der Waals surface area (Å²) in [4.78, 5) is 15.0. The van der Waals surface area contributed by atoms with Gasteiger partial charge in [0.2, 0.25) is 5.95 Å². The molecule has 98 valence electrons. The quantitative estimate of drug-likeness (QED) is 0.859. The van der Waals surface area contributed by atoms with Crippen molar-refractivity contribution in [2.45, 2.75) is 6.92 Å². The van der Waals surface area contributed by atoms with Gasteiger partial charge in [-0.05, 0) is 31.2 Å². The summed E-state index contributed by atoms with van der Waals surface area (Å²) < 4.78 is 17.7. The van der Waals surface area contributed by atoms with E-state index in [0.717, 1.165) is 5.56 Å². The first kappa shape index (κ1) is 13.0. The van der Waals surface area contributed by atoms with E-state index in [1.54, 1.807) is 0 Å². The van der Waals surface area contributed by atoms with E-state index in [1.807, 2.05) is 31.2 Å². The largest absolute Gasteiger partial charge is 0.482 e. The highest BCUT2D eigenvalue weighted by Crippen LogP contribution is 2.10. The van der Waals surface area contributed by atoms with E-state index in [4.69, 9.17) is 4.74 Å². The van der Waals surface area contributed by atoms with Gasteiger partial charge in [0.15, 0.2) is 6.61 Å². The Kier molecular flexibility index (Phi) is 4.07. The number of benzene rings is 1. The molecule has 0 aliphatic rings. The molecule has 2 rings (SSSR count). The number of carbonyl (C=O) groups is 1. The van der Waals surface area contributed by atoms with Gasteiger partial charge < -0.3 is 10.1 Å². The average molecular weight is 260 g/mol. The third-order valence-corrected chi connectivity index (χ3v) is 2.41. The Morgan fingerprint density at radius 1 is 1.26 bits per heavy atom. The van der Waals surface area contributed by atoms with E-state index in [2.05, 4.69) is 10.3 Å². The molecular weight excluding hydrogens is 247 g/mol. The molecule has 0 unspecified atom stereocenters. The zero-order valence-corrected chi connectivity index (χ0v) is 10.4. The molecule has 2 aromatic rings. The number of halogens is 1. The third kappa shape index (κ3) is 4.06. The lowest BCUT2D eigenvalue weighted by Gasteiger charge is -2.07. The molecule has 0 atom stereocenters. The van der Waals surface area contributed by atoms with Crippen LogP contribution in [-0.2, 0) is 4.79 Å². The van der Waals surface area contributed by atoms with Crippen LogP contribution < -0.4 is 10.1 Å². The highest BCUT2D eigenvalue weighted by molar-refractivity contribution is 5.91. The predicted octanol–water partition coefficient (Wildman–Crippen LogP) is 2.55. The summed E-state index contributed by atoms with van der Waals surface area (Å²) in [5.41, 5.74) is 1.82. The van der Waals surface area contributed by atoms with Gasteiger partial charge in [0.25, 0.3) is 5.91 Å². The second kappa shape index (κ2) is 5.95. The molecule has 0 aliphatic carbocycles. The van der Waals surface area contributed by atoms with Crippen LogP contribution in [0.5, 0.6) is 5.75 Å². The number of anilines is 1. The van der Waals surface area contributed by atoms with E-state index in [1.165, 1.54) is 18.3 Å². The van der Waals surface area contributed by atoms with Crippen LogP contribution in [0.15, 0.2) is 42.6 Å². The van der Waals surface area contributed by atoms with Crippen molar-refractivity contribution in [2.24, 2.45) is 0 Å². The summed E-state index contributed by atoms with van der Waals surface area (Å²) in [6.45, 7) is 1.82. The number of ether oxygens (including phenoxy) is 1. The van der Waals surface area contributed by atoms with E-state index >= 15 is 0 Å². The molecule has 1 aromatic heterocycles. The van der Waals surface area contributed by atoms with Crippen molar-refractivity contribution in [2.75, 3.05) is 11.9 Å². The number of aromatic nitrogens is 1. The van der Waals surface area contributed by atoms with Crippen molar-refractivity contribution >= 4 is 11.6 Å². The average Bonchev–Trinajstić information content (AvgIpc) is 2.41. The minimum Gasteiger partial charge on any atom is -0.482 e. The second-order valence-electron chi connectivity index (χ2n) is 4.02. The summed E-state index contributed by atoms with van der Waals surface area (Å²) in [6, 6.07) is 10.0. The molecule has 0 saturated heterocycles. The second-order valence-corrected chi connectivity index (χ2v) is 4.02. The van der Waals surface area contributed by atoms with E-state index in [9.17, 15) is 9.18 Å². The predicted molar refractivity (Wildman–Crippen MR) is 69.5 cm³/mol. The van der Waals surface area contributed by atoms with Gasteiger partial charge in [-0.25, -0.2) is 4.98 Å². The van der Waals surface area contributed by atoms with Gasteiger partial charge >= 0.3 is 0 Å². The van der Waals surface area contributed by atoms with Crippen molar-refractivity contribution in [3.05, 3.63) is 54.1 Å². The maximum absolute atomic E-state index is 12.6. The molecule has 0 aliphatic heterocycles. The molecule has 0 spiro atoms. The Balaban J connectivity index is 1.84. The SMILES string of the molecule is Cc1ccc(NC(=O)COc2ccc(F)nc2)cc1. The molecule has 0 saturated carbocycles. The van der Waals surface area contributed by atoms with E-state index < -0.39 is 5.95 Å². The van der Waals surface area contributed by atoms with Crippen molar-refractivity contribution in [1.82, 2.24) is 4.98 Å². The lowest BCUT2D eigenvalue weighted by Crippen LogP contribution is -2.20. The molecule has 1 heterocycles. The van der Waals surface area contributed by atoms with E-state index in [0.29, 0.717) is 11.4 Å². The first-order chi connectivity index (χ1) is 9.13. The zero-order valence-electron chi connectivity index (χ0n) is 10.4. The van der Waals surface area contributed by atoms with Crippen LogP contribution in [0.4, 0.5) is 10.1 Å². The number of hydrogen-bond acceptors (Lipinski definition) is 3. The molecule has 0 bridgehead atoms. The third-order valence-electron chi connectivity index (χ3n) is 2.41. The lowest BCUT2D eigenvalue weighted by molar-refractivity contribution is -0.118. The fourth-order valence-electron chi connectivity index (χ4n) is 1.43. The number of nitrogens with zero attached hydrogens (tertiary/aromatic N) is 1. The molecule has 1 aromatic carbocycles. The summed E-state index contributed by atoms with van der Waals surface area (Å²) in [7, 11) is 0. The summed E-state index contributed by atoms with van der Waals surface area (Å²) >= 11 is 0. The number of hydrogen-bond donors (Lipinski definition) is 1. The molecule has 4 nitrogen and oxygen atoms in total. The van der Waals surface area contributed by atoms with Gasteiger partial charge in [0.05, 0.1) is 6.20 Å². The number of amides is 1. The Hall–Kier alpha value is -2.43. The van der Waals surface area contributed by atoms with Gasteiger partial charge in [-0.15, -0.1) is 0 Å². The normalized spacial score (nSPS) is 10.0. The Morgan fingerprint density at radius 3 is 2.63 bits per heavy atom. The monoisotopic (exact) mass is 260 g/mol. The van der Waals surface area contributed by atoms with Crippen LogP contribution in [0.3, 0.4) is 0 Å².